The van der Waals surface area contributed by atoms with Crippen LogP contribution in [-0.4, -0.2) is 68.2 Å². The van der Waals surface area contributed by atoms with Gasteiger partial charge in [0, 0.05) is 11.1 Å². The van der Waals surface area contributed by atoms with Gasteiger partial charge in [-0.1, -0.05) is 19.9 Å². The zero-order valence-corrected chi connectivity index (χ0v) is 24.5. The van der Waals surface area contributed by atoms with Gasteiger partial charge in [-0.05, 0) is 32.3 Å². The molecular weight excluding hydrogens is 519 g/mol. The Hall–Kier alpha value is -1.90. The van der Waals surface area contributed by atoms with E-state index < -0.39 is 47.5 Å². The number of nitrogens with one attached hydrogen (secondary N) is 2. The standard InChI is InChI=1S/C22H28N4O7S2.Na/c1-10(2)6-12(13-9-35-20(23-13)25-21(32)33-22(3,4)5)16(28)24-14-17(29)26-15(19(30)31)11(7-27)8-34-18(14)26;/h6,9-10,14,18,27H,7-8H2,1-5H3,(H,24,28)(H,30,31)(H,23,25,32);/q;+1/p-1/t14-,18+;/m1./s1. The summed E-state index contributed by atoms with van der Waals surface area (Å²) in [6, 6.07) is -0.948. The van der Waals surface area contributed by atoms with Crippen molar-refractivity contribution in [1.29, 1.82) is 0 Å². The summed E-state index contributed by atoms with van der Waals surface area (Å²) in [7, 11) is 0. The van der Waals surface area contributed by atoms with Gasteiger partial charge < -0.3 is 25.1 Å². The summed E-state index contributed by atoms with van der Waals surface area (Å²) in [5, 5.41) is 27.4. The first-order valence-corrected chi connectivity index (χ1v) is 12.7. The van der Waals surface area contributed by atoms with Crippen LogP contribution in [0.5, 0.6) is 0 Å². The Morgan fingerprint density at radius 1 is 1.36 bits per heavy atom. The summed E-state index contributed by atoms with van der Waals surface area (Å²) in [5.41, 5.74) is -0.312. The summed E-state index contributed by atoms with van der Waals surface area (Å²) < 4.78 is 5.21. The van der Waals surface area contributed by atoms with Gasteiger partial charge in [0.25, 0.3) is 11.8 Å². The molecule has 190 valence electrons. The summed E-state index contributed by atoms with van der Waals surface area (Å²) in [6.45, 7) is 8.45. The normalized spacial score (nSPS) is 19.8. The van der Waals surface area contributed by atoms with Crippen molar-refractivity contribution >= 4 is 57.7 Å². The van der Waals surface area contributed by atoms with Gasteiger partial charge in [-0.3, -0.25) is 19.8 Å². The molecule has 3 heterocycles. The third-order valence-corrected chi connectivity index (χ3v) is 6.95. The number of nitrogens with zero attached hydrogens (tertiary/aromatic N) is 2. The van der Waals surface area contributed by atoms with E-state index in [1.54, 1.807) is 32.2 Å². The van der Waals surface area contributed by atoms with E-state index in [1.165, 1.54) is 11.8 Å². The summed E-state index contributed by atoms with van der Waals surface area (Å²) in [5.74, 6) is -2.54. The fraction of sp³-hybridized carbons (Fsp3) is 0.500. The predicted molar refractivity (Wildman–Crippen MR) is 129 cm³/mol. The second-order valence-corrected chi connectivity index (χ2v) is 11.2. The first kappa shape index (κ1) is 30.3. The van der Waals surface area contributed by atoms with Crippen LogP contribution in [0.15, 0.2) is 22.7 Å². The maximum atomic E-state index is 13.2. The van der Waals surface area contributed by atoms with E-state index in [1.807, 2.05) is 13.8 Å². The van der Waals surface area contributed by atoms with E-state index in [0.717, 1.165) is 16.2 Å². The fourth-order valence-corrected chi connectivity index (χ4v) is 5.50. The van der Waals surface area contributed by atoms with Gasteiger partial charge in [-0.15, -0.1) is 23.1 Å². The number of aliphatic carboxylic acids is 1. The van der Waals surface area contributed by atoms with Gasteiger partial charge in [-0.25, -0.2) is 9.78 Å². The maximum absolute atomic E-state index is 13.2. The number of carboxylic acid groups (broad SMARTS) is 1. The van der Waals surface area contributed by atoms with Crippen LogP contribution in [0, 0.1) is 5.92 Å². The smallest absolute Gasteiger partial charge is 0.543 e. The molecule has 3 rings (SSSR count). The third kappa shape index (κ3) is 6.90. The van der Waals surface area contributed by atoms with Crippen LogP contribution in [0.1, 0.15) is 40.3 Å². The van der Waals surface area contributed by atoms with Crippen LogP contribution in [0.25, 0.3) is 5.57 Å². The Kier molecular flexibility index (Phi) is 10.2. The molecule has 1 fully saturated rings. The molecule has 1 saturated heterocycles. The monoisotopic (exact) mass is 546 g/mol. The fourth-order valence-electron chi connectivity index (χ4n) is 3.47. The van der Waals surface area contributed by atoms with Crippen molar-refractivity contribution in [3.8, 4) is 0 Å². The Balaban J connectivity index is 0.00000456. The van der Waals surface area contributed by atoms with E-state index in [2.05, 4.69) is 15.6 Å². The van der Waals surface area contributed by atoms with E-state index in [4.69, 9.17) is 4.74 Å². The van der Waals surface area contributed by atoms with Gasteiger partial charge in [0.1, 0.15) is 17.0 Å². The number of ether oxygens (including phenoxy) is 1. The number of carboxylic acids is 1. The molecule has 2 atom stereocenters. The number of thioether (sulfide) groups is 1. The topological polar surface area (TPSA) is 161 Å². The number of allylic oxidation sites excluding steroid dienone is 1. The number of aromatic nitrogens is 1. The van der Waals surface area contributed by atoms with Crippen LogP contribution >= 0.6 is 23.1 Å². The van der Waals surface area contributed by atoms with Crippen molar-refractivity contribution < 1.29 is 63.7 Å². The summed E-state index contributed by atoms with van der Waals surface area (Å²) in [4.78, 5) is 54.8. The second-order valence-electron chi connectivity index (χ2n) is 9.25. The van der Waals surface area contributed by atoms with Gasteiger partial charge in [0.2, 0.25) is 0 Å². The molecule has 3 N–H and O–H groups in total. The Labute approximate surface area is 239 Å². The number of carbonyl (C=O) groups is 4. The minimum atomic E-state index is -1.55. The first-order valence-electron chi connectivity index (χ1n) is 10.8. The third-order valence-electron chi connectivity index (χ3n) is 4.85. The van der Waals surface area contributed by atoms with Crippen molar-refractivity contribution in [3.05, 3.63) is 28.4 Å². The quantitative estimate of drug-likeness (QED) is 0.198. The van der Waals surface area contributed by atoms with Gasteiger partial charge >= 0.3 is 35.7 Å². The minimum absolute atomic E-state index is 0. The van der Waals surface area contributed by atoms with Gasteiger partial charge in [0.15, 0.2) is 5.13 Å². The molecule has 0 spiro atoms. The average molecular weight is 547 g/mol. The summed E-state index contributed by atoms with van der Waals surface area (Å²) in [6.07, 6.45) is 1.01. The van der Waals surface area contributed by atoms with Crippen LogP contribution < -0.4 is 45.3 Å². The number of rotatable bonds is 7. The molecule has 1 aromatic rings. The Morgan fingerprint density at radius 2 is 2.03 bits per heavy atom. The molecule has 0 aliphatic carbocycles. The molecule has 11 nitrogen and oxygen atoms in total. The number of aliphatic hydroxyl groups excluding tert-OH is 1. The number of amides is 3. The van der Waals surface area contributed by atoms with Crippen LogP contribution in [0.2, 0.25) is 0 Å². The first-order chi connectivity index (χ1) is 16.3. The van der Waals surface area contributed by atoms with Crippen LogP contribution in [-0.2, 0) is 19.1 Å². The number of anilines is 1. The van der Waals surface area contributed by atoms with Crippen molar-refractivity contribution in [3.63, 3.8) is 0 Å². The Morgan fingerprint density at radius 3 is 2.58 bits per heavy atom. The number of thiazole rings is 1. The van der Waals surface area contributed by atoms with Gasteiger partial charge in [0.05, 0.1) is 29.5 Å². The van der Waals surface area contributed by atoms with Gasteiger partial charge in [-0.2, -0.15) is 0 Å². The van der Waals surface area contributed by atoms with Crippen molar-refractivity contribution in [2.75, 3.05) is 17.7 Å². The summed E-state index contributed by atoms with van der Waals surface area (Å²) >= 11 is 2.36. The molecule has 2 aliphatic heterocycles. The maximum Gasteiger partial charge on any atom is 1.00 e. The molecule has 0 aromatic carbocycles. The number of fused-ring (bicyclic) bond motifs is 1. The SMILES string of the molecule is CC(C)C=C(C(=O)N[C@@H]1C(=O)N2C(C(=O)[O-])=C(CO)CS[C@@H]12)c1csc(NC(=O)OC(C)(C)C)n1.[Na+]. The van der Waals surface area contributed by atoms with Crippen LogP contribution in [0.4, 0.5) is 9.93 Å². The molecule has 0 bridgehead atoms. The zero-order valence-electron chi connectivity index (χ0n) is 20.9. The van der Waals surface area contributed by atoms with Crippen molar-refractivity contribution in [2.45, 2.75) is 51.6 Å². The molecule has 1 aromatic heterocycles. The second kappa shape index (κ2) is 12.1. The predicted octanol–water partition coefficient (Wildman–Crippen LogP) is -2.07. The molecule has 3 amide bonds. The molecule has 36 heavy (non-hydrogen) atoms. The van der Waals surface area contributed by atoms with E-state index in [-0.39, 0.29) is 63.2 Å². The number of hydrogen-bond acceptors (Lipinski definition) is 10. The number of carbonyl (C=O) groups excluding carboxylic acids is 4. The number of aliphatic hydroxyl groups is 1. The number of hydrogen-bond donors (Lipinski definition) is 3. The molecule has 0 unspecified atom stereocenters. The molecule has 0 saturated carbocycles. The average Bonchev–Trinajstić information content (AvgIpc) is 3.20. The zero-order chi connectivity index (χ0) is 26.1. The molecule has 0 radical (unpaired) electrons. The molecule has 2 aliphatic rings. The van der Waals surface area contributed by atoms with Crippen molar-refractivity contribution in [1.82, 2.24) is 15.2 Å². The number of β-lactam (4-membered cyclic amide) rings is 1. The largest absolute Gasteiger partial charge is 1.00 e. The molecule has 14 heteroatoms. The van der Waals surface area contributed by atoms with E-state index >= 15 is 0 Å². The Bertz CT molecular complexity index is 1110. The molecular formula is C22H27N4NaO7S2. The van der Waals surface area contributed by atoms with E-state index in [0.29, 0.717) is 5.69 Å². The van der Waals surface area contributed by atoms with Crippen molar-refractivity contribution in [2.24, 2.45) is 5.92 Å². The minimum Gasteiger partial charge on any atom is -0.543 e. The van der Waals surface area contributed by atoms with Crippen LogP contribution in [0.3, 0.4) is 0 Å². The van der Waals surface area contributed by atoms with E-state index in [9.17, 15) is 29.4 Å².